The molecule has 1 amide bonds. The number of benzene rings is 1. The van der Waals surface area contributed by atoms with Crippen molar-refractivity contribution in [1.82, 2.24) is 14.3 Å². The van der Waals surface area contributed by atoms with E-state index < -0.39 is 17.7 Å². The van der Waals surface area contributed by atoms with E-state index in [9.17, 15) is 14.7 Å². The zero-order valence-corrected chi connectivity index (χ0v) is 18.2. The maximum Gasteiger partial charge on any atom is 0.295 e. The first-order chi connectivity index (χ1) is 14.8. The van der Waals surface area contributed by atoms with Gasteiger partial charge in [0.1, 0.15) is 11.3 Å². The van der Waals surface area contributed by atoms with Crippen LogP contribution >= 0.6 is 11.6 Å². The van der Waals surface area contributed by atoms with Crippen LogP contribution in [0.4, 0.5) is 0 Å². The van der Waals surface area contributed by atoms with Crippen LogP contribution in [0.25, 0.3) is 11.4 Å². The molecule has 160 valence electrons. The molecule has 1 aliphatic rings. The van der Waals surface area contributed by atoms with E-state index in [0.29, 0.717) is 21.9 Å². The van der Waals surface area contributed by atoms with Gasteiger partial charge < -0.3 is 19.1 Å². The summed E-state index contributed by atoms with van der Waals surface area (Å²) in [7, 11) is 1.52. The Balaban J connectivity index is 1.93. The molecule has 0 aliphatic carbocycles. The Bertz CT molecular complexity index is 1210. The van der Waals surface area contributed by atoms with Crippen molar-refractivity contribution < 1.29 is 19.4 Å². The summed E-state index contributed by atoms with van der Waals surface area (Å²) in [4.78, 5) is 31.9. The molecule has 1 aromatic carbocycles. The molecule has 1 unspecified atom stereocenters. The maximum absolute atomic E-state index is 13.0. The number of hydrogen-bond acceptors (Lipinski definition) is 5. The Hall–Kier alpha value is -3.16. The van der Waals surface area contributed by atoms with Crippen LogP contribution in [0.15, 0.2) is 48.2 Å². The fraction of sp³-hybridized carbons (Fsp3) is 0.261. The average Bonchev–Trinajstić information content (AvgIpc) is 3.22. The molecular formula is C23H22ClN3O4. The topological polar surface area (TPSA) is 84.1 Å². The van der Waals surface area contributed by atoms with Crippen molar-refractivity contribution >= 4 is 34.7 Å². The Morgan fingerprint density at radius 2 is 1.90 bits per heavy atom. The lowest BCUT2D eigenvalue weighted by Crippen LogP contribution is -2.32. The Morgan fingerprint density at radius 1 is 1.19 bits per heavy atom. The molecule has 3 aromatic rings. The number of nitrogens with zero attached hydrogens (tertiary/aromatic N) is 3. The average molecular weight is 440 g/mol. The largest absolute Gasteiger partial charge is 0.505 e. The van der Waals surface area contributed by atoms with Gasteiger partial charge in [-0.1, -0.05) is 29.8 Å². The van der Waals surface area contributed by atoms with E-state index in [4.69, 9.17) is 16.3 Å². The van der Waals surface area contributed by atoms with E-state index in [-0.39, 0.29) is 30.2 Å². The molecule has 3 heterocycles. The van der Waals surface area contributed by atoms with Gasteiger partial charge in [0.15, 0.2) is 5.76 Å². The first kappa shape index (κ1) is 21.1. The van der Waals surface area contributed by atoms with Crippen LogP contribution in [0.1, 0.15) is 28.6 Å². The Morgan fingerprint density at radius 3 is 2.55 bits per heavy atom. The van der Waals surface area contributed by atoms with E-state index in [1.807, 2.05) is 36.6 Å². The lowest BCUT2D eigenvalue weighted by molar-refractivity contribution is -0.140. The lowest BCUT2D eigenvalue weighted by atomic mass is 9.96. The fourth-order valence-electron chi connectivity index (χ4n) is 3.97. The van der Waals surface area contributed by atoms with Gasteiger partial charge in [-0.05, 0) is 43.2 Å². The third-order valence-electron chi connectivity index (χ3n) is 5.57. The highest BCUT2D eigenvalue weighted by Crippen LogP contribution is 2.40. The number of imidazole rings is 1. The summed E-state index contributed by atoms with van der Waals surface area (Å²) in [6, 6.07) is 9.90. The SMILES string of the molecule is COCCN1C(=O)C(=O)C(=C(O)c2nc3c(C)cccn3c2C)C1c1ccc(Cl)cc1. The van der Waals surface area contributed by atoms with Gasteiger partial charge in [-0.15, -0.1) is 0 Å². The van der Waals surface area contributed by atoms with Gasteiger partial charge in [-0.3, -0.25) is 9.59 Å². The van der Waals surface area contributed by atoms with Crippen LogP contribution in [0.5, 0.6) is 0 Å². The van der Waals surface area contributed by atoms with Gasteiger partial charge in [0.05, 0.1) is 23.9 Å². The third kappa shape index (κ3) is 3.49. The number of carbonyl (C=O) groups is 2. The van der Waals surface area contributed by atoms with Crippen LogP contribution in [-0.4, -0.2) is 51.3 Å². The normalized spacial score (nSPS) is 18.3. The van der Waals surface area contributed by atoms with Crippen molar-refractivity contribution in [2.45, 2.75) is 19.9 Å². The number of aromatic nitrogens is 2. The number of methoxy groups -OCH3 is 1. The number of pyridine rings is 1. The highest BCUT2D eigenvalue weighted by molar-refractivity contribution is 6.46. The summed E-state index contributed by atoms with van der Waals surface area (Å²) in [5.41, 5.74) is 3.23. The molecule has 8 heteroatoms. The number of rotatable bonds is 5. The Kier molecular flexibility index (Phi) is 5.56. The quantitative estimate of drug-likeness (QED) is 0.372. The van der Waals surface area contributed by atoms with Crippen molar-refractivity contribution in [2.24, 2.45) is 0 Å². The first-order valence-corrected chi connectivity index (χ1v) is 10.2. The minimum absolute atomic E-state index is 0.00702. The van der Waals surface area contributed by atoms with Gasteiger partial charge in [-0.2, -0.15) is 0 Å². The van der Waals surface area contributed by atoms with Crippen molar-refractivity contribution in [1.29, 1.82) is 0 Å². The molecule has 2 aromatic heterocycles. The maximum atomic E-state index is 13.0. The first-order valence-electron chi connectivity index (χ1n) is 9.82. The molecule has 1 fully saturated rings. The molecule has 4 rings (SSSR count). The number of halogens is 1. The van der Waals surface area contributed by atoms with Crippen LogP contribution in [0.3, 0.4) is 0 Å². The van der Waals surface area contributed by atoms with E-state index in [1.54, 1.807) is 24.3 Å². The molecule has 1 atom stereocenters. The van der Waals surface area contributed by atoms with E-state index in [1.165, 1.54) is 12.0 Å². The summed E-state index contributed by atoms with van der Waals surface area (Å²) >= 11 is 6.03. The van der Waals surface area contributed by atoms with Crippen molar-refractivity contribution in [2.75, 3.05) is 20.3 Å². The van der Waals surface area contributed by atoms with E-state index in [2.05, 4.69) is 4.98 Å². The second-order valence-corrected chi connectivity index (χ2v) is 7.90. The number of aryl methyl sites for hydroxylation is 2. The summed E-state index contributed by atoms with van der Waals surface area (Å²) in [5, 5.41) is 11.8. The second kappa shape index (κ2) is 8.17. The number of amides is 1. The predicted molar refractivity (Wildman–Crippen MR) is 117 cm³/mol. The molecule has 1 saturated heterocycles. The number of ketones is 1. The molecule has 7 nitrogen and oxygen atoms in total. The predicted octanol–water partition coefficient (Wildman–Crippen LogP) is 3.67. The lowest BCUT2D eigenvalue weighted by Gasteiger charge is -2.25. The summed E-state index contributed by atoms with van der Waals surface area (Å²) < 4.78 is 6.97. The number of likely N-dealkylation sites (tertiary alicyclic amines) is 1. The van der Waals surface area contributed by atoms with Crippen LogP contribution < -0.4 is 0 Å². The second-order valence-electron chi connectivity index (χ2n) is 7.47. The van der Waals surface area contributed by atoms with Crippen LogP contribution in [-0.2, 0) is 14.3 Å². The molecule has 1 N–H and O–H groups in total. The number of Topliss-reactive ketones (excluding diaryl/α,β-unsaturated/α-hetero) is 1. The smallest absolute Gasteiger partial charge is 0.295 e. The zero-order chi connectivity index (χ0) is 22.3. The minimum Gasteiger partial charge on any atom is -0.505 e. The van der Waals surface area contributed by atoms with Crippen molar-refractivity contribution in [3.8, 4) is 0 Å². The van der Waals surface area contributed by atoms with E-state index in [0.717, 1.165) is 5.56 Å². The van der Waals surface area contributed by atoms with Gasteiger partial charge in [0.25, 0.3) is 11.7 Å². The monoisotopic (exact) mass is 439 g/mol. The highest BCUT2D eigenvalue weighted by atomic mass is 35.5. The summed E-state index contributed by atoms with van der Waals surface area (Å²) in [5.74, 6) is -1.73. The standard InChI is InChI=1S/C23H22ClN3O4/c1-13-5-4-10-26-14(2)18(25-22(13)26)20(28)17-19(15-6-8-16(24)9-7-15)27(11-12-31-3)23(30)21(17)29/h4-10,19,28H,11-12H2,1-3H3. The molecule has 31 heavy (non-hydrogen) atoms. The number of carbonyl (C=O) groups excluding carboxylic acids is 2. The van der Waals surface area contributed by atoms with Gasteiger partial charge in [0.2, 0.25) is 0 Å². The summed E-state index contributed by atoms with van der Waals surface area (Å²) in [6.07, 6.45) is 1.84. The number of ether oxygens (including phenoxy) is 1. The number of hydrogen-bond donors (Lipinski definition) is 1. The van der Waals surface area contributed by atoms with Crippen LogP contribution in [0, 0.1) is 13.8 Å². The van der Waals surface area contributed by atoms with Gasteiger partial charge in [-0.25, -0.2) is 4.98 Å². The molecule has 0 spiro atoms. The van der Waals surface area contributed by atoms with Crippen molar-refractivity contribution in [3.63, 3.8) is 0 Å². The molecular weight excluding hydrogens is 418 g/mol. The molecule has 0 radical (unpaired) electrons. The summed E-state index contributed by atoms with van der Waals surface area (Å²) in [6.45, 7) is 4.19. The molecule has 1 aliphatic heterocycles. The Labute approximate surface area is 184 Å². The molecule has 0 bridgehead atoms. The number of aliphatic hydroxyl groups is 1. The number of fused-ring (bicyclic) bond motifs is 1. The number of aliphatic hydroxyl groups excluding tert-OH is 1. The molecule has 0 saturated carbocycles. The zero-order valence-electron chi connectivity index (χ0n) is 17.4. The van der Waals surface area contributed by atoms with Gasteiger partial charge in [0, 0.05) is 24.9 Å². The van der Waals surface area contributed by atoms with Crippen LogP contribution in [0.2, 0.25) is 5.02 Å². The minimum atomic E-state index is -0.766. The highest BCUT2D eigenvalue weighted by Gasteiger charge is 2.46. The van der Waals surface area contributed by atoms with Crippen molar-refractivity contribution in [3.05, 3.63) is 75.7 Å². The van der Waals surface area contributed by atoms with Gasteiger partial charge >= 0.3 is 0 Å². The fourth-order valence-corrected chi connectivity index (χ4v) is 4.09. The van der Waals surface area contributed by atoms with E-state index >= 15 is 0 Å². The third-order valence-corrected chi connectivity index (χ3v) is 5.82.